The molecule has 0 saturated carbocycles. The molecule has 0 atom stereocenters. The molecule has 6 nitrogen and oxygen atoms in total. The summed E-state index contributed by atoms with van der Waals surface area (Å²) in [5.74, 6) is 0.823. The number of methoxy groups -OCH3 is 1. The number of quaternary nitrogens is 1. The smallest absolute Gasteiger partial charge is 0.190 e. The van der Waals surface area contributed by atoms with Crippen molar-refractivity contribution in [2.75, 3.05) is 40.0 Å². The van der Waals surface area contributed by atoms with E-state index in [-0.39, 0.29) is 5.78 Å². The van der Waals surface area contributed by atoms with Crippen LogP contribution in [0.4, 0.5) is 5.69 Å². The molecule has 2 aromatic rings. The van der Waals surface area contributed by atoms with Crippen LogP contribution in [0.15, 0.2) is 29.3 Å². The molecule has 1 aliphatic heterocycles. The number of hydrogen-bond donors (Lipinski definition) is 1. The van der Waals surface area contributed by atoms with Gasteiger partial charge >= 0.3 is 0 Å². The Morgan fingerprint density at radius 1 is 1.33 bits per heavy atom. The van der Waals surface area contributed by atoms with Gasteiger partial charge in [0.25, 0.3) is 0 Å². The largest absolute Gasteiger partial charge is 0.494 e. The molecule has 0 amide bonds. The molecule has 1 N–H and O–H groups in total. The van der Waals surface area contributed by atoms with E-state index in [2.05, 4.69) is 4.57 Å². The van der Waals surface area contributed by atoms with Gasteiger partial charge in [-0.2, -0.15) is 0 Å². The van der Waals surface area contributed by atoms with Gasteiger partial charge in [0, 0.05) is 25.6 Å². The van der Waals surface area contributed by atoms with Crippen LogP contribution >= 0.6 is 11.3 Å². The lowest BCUT2D eigenvalue weighted by molar-refractivity contribution is -0.908. The quantitative estimate of drug-likeness (QED) is 0.731. The highest BCUT2D eigenvalue weighted by Gasteiger charge is 2.16. The van der Waals surface area contributed by atoms with Crippen LogP contribution in [0.3, 0.4) is 0 Å². The van der Waals surface area contributed by atoms with Crippen LogP contribution < -0.4 is 14.4 Å². The molecule has 1 aliphatic rings. The van der Waals surface area contributed by atoms with Gasteiger partial charge in [0.15, 0.2) is 10.6 Å². The number of ketones is 1. The van der Waals surface area contributed by atoms with E-state index < -0.39 is 0 Å². The van der Waals surface area contributed by atoms with E-state index in [4.69, 9.17) is 14.5 Å². The van der Waals surface area contributed by atoms with Crippen molar-refractivity contribution in [2.24, 2.45) is 4.99 Å². The van der Waals surface area contributed by atoms with Crippen molar-refractivity contribution in [2.45, 2.75) is 26.8 Å². The number of thiazole rings is 1. The maximum Gasteiger partial charge on any atom is 0.190 e. The number of para-hydroxylation sites is 2. The Balaban J connectivity index is 1.87. The maximum atomic E-state index is 12.0. The van der Waals surface area contributed by atoms with Crippen LogP contribution in [0.25, 0.3) is 0 Å². The van der Waals surface area contributed by atoms with Gasteiger partial charge < -0.3 is 18.9 Å². The summed E-state index contributed by atoms with van der Waals surface area (Å²) in [6.45, 7) is 9.44. The Morgan fingerprint density at radius 3 is 2.78 bits per heavy atom. The highest BCUT2D eigenvalue weighted by atomic mass is 32.1. The average Bonchev–Trinajstić information content (AvgIpc) is 2.99. The van der Waals surface area contributed by atoms with Gasteiger partial charge in [-0.05, 0) is 19.1 Å². The second-order valence-corrected chi connectivity index (χ2v) is 7.73. The molecule has 2 heterocycles. The van der Waals surface area contributed by atoms with Crippen molar-refractivity contribution in [3.05, 3.63) is 39.6 Å². The second-order valence-electron chi connectivity index (χ2n) is 6.76. The minimum Gasteiger partial charge on any atom is -0.494 e. The van der Waals surface area contributed by atoms with Crippen LogP contribution in [-0.4, -0.2) is 50.3 Å². The molecule has 0 spiro atoms. The van der Waals surface area contributed by atoms with Crippen LogP contribution in [0, 0.1) is 6.92 Å². The topological polar surface area (TPSA) is 57.3 Å². The molecule has 7 heteroatoms. The predicted octanol–water partition coefficient (Wildman–Crippen LogP) is 1.61. The minimum atomic E-state index is 0.0894. The summed E-state index contributed by atoms with van der Waals surface area (Å²) in [4.78, 5) is 20.1. The fourth-order valence-corrected chi connectivity index (χ4v) is 4.45. The van der Waals surface area contributed by atoms with Crippen LogP contribution in [0.1, 0.15) is 28.7 Å². The number of nitrogens with zero attached hydrogens (tertiary/aromatic N) is 2. The summed E-state index contributed by atoms with van der Waals surface area (Å²) in [5.41, 5.74) is 1.78. The van der Waals surface area contributed by atoms with E-state index in [0.29, 0.717) is 0 Å². The number of aromatic nitrogens is 1. The monoisotopic (exact) mass is 390 g/mol. The molecule has 3 rings (SSSR count). The van der Waals surface area contributed by atoms with Crippen LogP contribution in [-0.2, 0) is 11.3 Å². The van der Waals surface area contributed by atoms with E-state index in [0.717, 1.165) is 72.6 Å². The summed E-state index contributed by atoms with van der Waals surface area (Å²) >= 11 is 1.46. The van der Waals surface area contributed by atoms with Crippen molar-refractivity contribution in [3.8, 4) is 5.75 Å². The number of morpholine rings is 1. The zero-order chi connectivity index (χ0) is 19.2. The average molecular weight is 391 g/mol. The summed E-state index contributed by atoms with van der Waals surface area (Å²) in [7, 11) is 1.65. The number of hydrogen-bond acceptors (Lipinski definition) is 5. The van der Waals surface area contributed by atoms with Crippen molar-refractivity contribution < 1.29 is 19.2 Å². The number of Topliss-reactive ketones (excluding diaryl/α,β-unsaturated/α-hetero) is 1. The molecule has 0 aliphatic carbocycles. The van der Waals surface area contributed by atoms with Crippen molar-refractivity contribution in [1.82, 2.24) is 4.57 Å². The van der Waals surface area contributed by atoms with Crippen LogP contribution in [0.5, 0.6) is 5.75 Å². The molecule has 1 aromatic carbocycles. The number of rotatable bonds is 7. The van der Waals surface area contributed by atoms with Gasteiger partial charge in [-0.15, -0.1) is 0 Å². The standard InChI is InChI=1S/C20H27N3O3S/c1-15-19(16(2)24)27-20(21-17-7-4-5-8-18(17)25-3)23(15)10-6-9-22-11-13-26-14-12-22/h4-5,7-8H,6,9-14H2,1-3H3/p+1. The first-order valence-electron chi connectivity index (χ1n) is 9.40. The lowest BCUT2D eigenvalue weighted by Crippen LogP contribution is -3.14. The molecule has 0 unspecified atom stereocenters. The molecular weight excluding hydrogens is 362 g/mol. The fourth-order valence-electron chi connectivity index (χ4n) is 3.38. The Bertz CT molecular complexity index is 850. The highest BCUT2D eigenvalue weighted by Crippen LogP contribution is 2.26. The number of ether oxygens (including phenoxy) is 2. The van der Waals surface area contributed by atoms with Crippen molar-refractivity contribution >= 4 is 22.8 Å². The summed E-state index contributed by atoms with van der Waals surface area (Å²) in [6, 6.07) is 7.71. The zero-order valence-corrected chi connectivity index (χ0v) is 17.1. The normalized spacial score (nSPS) is 15.9. The second kappa shape index (κ2) is 9.30. The summed E-state index contributed by atoms with van der Waals surface area (Å²) in [5, 5.41) is 0. The first-order valence-corrected chi connectivity index (χ1v) is 10.2. The van der Waals surface area contributed by atoms with Gasteiger partial charge in [-0.1, -0.05) is 23.5 Å². The van der Waals surface area contributed by atoms with Gasteiger partial charge in [-0.25, -0.2) is 4.99 Å². The zero-order valence-electron chi connectivity index (χ0n) is 16.3. The lowest BCUT2D eigenvalue weighted by Gasteiger charge is -2.23. The molecule has 1 aromatic heterocycles. The predicted molar refractivity (Wildman–Crippen MR) is 106 cm³/mol. The summed E-state index contributed by atoms with van der Waals surface area (Å²) in [6.07, 6.45) is 1.05. The SMILES string of the molecule is COc1ccccc1N=c1sc(C(C)=O)c(C)n1CCC[NH+]1CCOCC1. The molecule has 1 fully saturated rings. The molecule has 27 heavy (non-hydrogen) atoms. The van der Waals surface area contributed by atoms with E-state index in [1.165, 1.54) is 11.3 Å². The molecule has 146 valence electrons. The third kappa shape index (κ3) is 4.86. The number of benzene rings is 1. The summed E-state index contributed by atoms with van der Waals surface area (Å²) < 4.78 is 13.0. The lowest BCUT2D eigenvalue weighted by atomic mass is 10.3. The van der Waals surface area contributed by atoms with Gasteiger partial charge in [0.05, 0.1) is 31.7 Å². The Hall–Kier alpha value is -1.96. The van der Waals surface area contributed by atoms with E-state index in [1.54, 1.807) is 18.9 Å². The molecule has 0 radical (unpaired) electrons. The van der Waals surface area contributed by atoms with Crippen molar-refractivity contribution in [1.29, 1.82) is 0 Å². The maximum absolute atomic E-state index is 12.0. The van der Waals surface area contributed by atoms with Crippen molar-refractivity contribution in [3.63, 3.8) is 0 Å². The van der Waals surface area contributed by atoms with E-state index >= 15 is 0 Å². The first-order chi connectivity index (χ1) is 13.1. The van der Waals surface area contributed by atoms with Crippen LogP contribution in [0.2, 0.25) is 0 Å². The third-order valence-corrected chi connectivity index (χ3v) is 6.17. The Kier molecular flexibility index (Phi) is 6.82. The molecular formula is C20H28N3O3S+. The fraction of sp³-hybridized carbons (Fsp3) is 0.500. The van der Waals surface area contributed by atoms with E-state index in [1.807, 2.05) is 31.2 Å². The van der Waals surface area contributed by atoms with Gasteiger partial charge in [0.1, 0.15) is 24.5 Å². The molecule has 1 saturated heterocycles. The Morgan fingerprint density at radius 2 is 2.07 bits per heavy atom. The Labute approximate surface area is 164 Å². The number of carbonyl (C=O) groups excluding carboxylic acids is 1. The first kappa shape index (κ1) is 19.8. The van der Waals surface area contributed by atoms with E-state index in [9.17, 15) is 4.79 Å². The minimum absolute atomic E-state index is 0.0894. The number of nitrogens with one attached hydrogen (secondary N) is 1. The third-order valence-electron chi connectivity index (χ3n) is 4.89. The number of carbonyl (C=O) groups is 1. The highest BCUT2D eigenvalue weighted by molar-refractivity contribution is 7.11. The van der Waals surface area contributed by atoms with Gasteiger partial charge in [-0.3, -0.25) is 4.79 Å². The molecule has 0 bridgehead atoms. The van der Waals surface area contributed by atoms with Gasteiger partial charge in [0.2, 0.25) is 0 Å².